The number of carbonyl (C=O) groups excluding carboxylic acids is 3. The van der Waals surface area contributed by atoms with Gasteiger partial charge >= 0.3 is 6.03 Å². The van der Waals surface area contributed by atoms with Crippen LogP contribution in [0.2, 0.25) is 15.1 Å². The van der Waals surface area contributed by atoms with E-state index in [1.165, 1.54) is 24.3 Å². The van der Waals surface area contributed by atoms with Gasteiger partial charge in [0.05, 0.1) is 15.7 Å². The lowest BCUT2D eigenvalue weighted by molar-refractivity contribution is -0.122. The summed E-state index contributed by atoms with van der Waals surface area (Å²) in [5, 5.41) is 12.4. The van der Waals surface area contributed by atoms with Crippen molar-refractivity contribution in [3.63, 3.8) is 0 Å². The molecule has 0 bridgehead atoms. The van der Waals surface area contributed by atoms with Crippen LogP contribution in [-0.2, 0) is 9.59 Å². The van der Waals surface area contributed by atoms with Crippen LogP contribution in [-0.4, -0.2) is 23.0 Å². The summed E-state index contributed by atoms with van der Waals surface area (Å²) in [7, 11) is 0. The van der Waals surface area contributed by atoms with E-state index in [1.54, 1.807) is 12.1 Å². The van der Waals surface area contributed by atoms with Crippen LogP contribution in [0.25, 0.3) is 6.08 Å². The summed E-state index contributed by atoms with van der Waals surface area (Å²) < 4.78 is 0. The van der Waals surface area contributed by atoms with Crippen molar-refractivity contribution in [1.29, 1.82) is 0 Å². The number of nitrogens with one attached hydrogen (secondary N) is 1. The molecule has 0 aliphatic carbocycles. The first kappa shape index (κ1) is 18.3. The number of carbonyl (C=O) groups is 3. The highest BCUT2D eigenvalue weighted by molar-refractivity contribution is 6.42. The van der Waals surface area contributed by atoms with Crippen LogP contribution in [0.15, 0.2) is 42.0 Å². The monoisotopic (exact) mass is 410 g/mol. The largest absolute Gasteiger partial charge is 0.506 e. The number of halogens is 3. The lowest BCUT2D eigenvalue weighted by atomic mass is 10.1. The van der Waals surface area contributed by atoms with Crippen LogP contribution in [0.1, 0.15) is 5.56 Å². The smallest absolute Gasteiger partial charge is 0.335 e. The molecule has 0 spiro atoms. The third-order valence-electron chi connectivity index (χ3n) is 3.55. The minimum absolute atomic E-state index is 0.0490. The van der Waals surface area contributed by atoms with E-state index in [1.807, 2.05) is 0 Å². The normalized spacial score (nSPS) is 16.2. The molecule has 2 aromatic carbocycles. The molecular weight excluding hydrogens is 403 g/mol. The van der Waals surface area contributed by atoms with Gasteiger partial charge < -0.3 is 5.11 Å². The number of hydrogen-bond acceptors (Lipinski definition) is 4. The predicted octanol–water partition coefficient (Wildman–Crippen LogP) is 4.02. The summed E-state index contributed by atoms with van der Waals surface area (Å²) in [5.41, 5.74) is -0.226. The summed E-state index contributed by atoms with van der Waals surface area (Å²) in [4.78, 5) is 37.8. The summed E-state index contributed by atoms with van der Waals surface area (Å²) in [6.45, 7) is 0. The number of hydrogen-bond donors (Lipinski definition) is 2. The Morgan fingerprint density at radius 1 is 1.00 bits per heavy atom. The highest BCUT2D eigenvalue weighted by Crippen LogP contribution is 2.34. The molecule has 26 heavy (non-hydrogen) atoms. The molecule has 0 aromatic heterocycles. The lowest BCUT2D eigenvalue weighted by Gasteiger charge is -2.27. The van der Waals surface area contributed by atoms with Gasteiger partial charge in [-0.05, 0) is 30.3 Å². The summed E-state index contributed by atoms with van der Waals surface area (Å²) in [6, 6.07) is 7.88. The molecule has 1 aliphatic heterocycles. The number of para-hydroxylation sites is 1. The Hall–Kier alpha value is -2.54. The maximum atomic E-state index is 12.8. The first-order chi connectivity index (χ1) is 12.3. The van der Waals surface area contributed by atoms with Crippen LogP contribution >= 0.6 is 34.8 Å². The minimum atomic E-state index is -0.932. The Labute approximate surface area is 162 Å². The summed E-state index contributed by atoms with van der Waals surface area (Å²) in [5.74, 6) is -2.17. The average molecular weight is 412 g/mol. The zero-order chi connectivity index (χ0) is 19.0. The average Bonchev–Trinajstić information content (AvgIpc) is 2.57. The lowest BCUT2D eigenvalue weighted by Crippen LogP contribution is -2.54. The Balaban J connectivity index is 2.11. The van der Waals surface area contributed by atoms with Crippen molar-refractivity contribution in [3.05, 3.63) is 62.6 Å². The van der Waals surface area contributed by atoms with Gasteiger partial charge in [-0.3, -0.25) is 14.9 Å². The van der Waals surface area contributed by atoms with E-state index in [0.717, 1.165) is 11.0 Å². The second-order valence-electron chi connectivity index (χ2n) is 5.23. The number of anilines is 1. The van der Waals surface area contributed by atoms with E-state index in [2.05, 4.69) is 5.32 Å². The number of rotatable bonds is 2. The van der Waals surface area contributed by atoms with E-state index >= 15 is 0 Å². The van der Waals surface area contributed by atoms with Crippen molar-refractivity contribution in [2.24, 2.45) is 0 Å². The van der Waals surface area contributed by atoms with Crippen LogP contribution in [0.5, 0.6) is 5.75 Å². The number of amides is 4. The summed E-state index contributed by atoms with van der Waals surface area (Å²) >= 11 is 17.8. The summed E-state index contributed by atoms with van der Waals surface area (Å²) in [6.07, 6.45) is 1.10. The Morgan fingerprint density at radius 2 is 1.69 bits per heavy atom. The molecule has 0 atom stereocenters. The van der Waals surface area contributed by atoms with Gasteiger partial charge in [0.15, 0.2) is 0 Å². The number of phenolic OH excluding ortho intramolecular Hbond substituents is 1. The van der Waals surface area contributed by atoms with Crippen LogP contribution in [0.4, 0.5) is 10.5 Å². The molecular formula is C17H9Cl3N2O4. The number of nitrogens with zero attached hydrogens (tertiary/aromatic N) is 1. The molecule has 6 nitrogen and oxygen atoms in total. The number of barbiturate groups is 1. The fourth-order valence-electron chi connectivity index (χ4n) is 2.36. The number of phenols is 1. The number of urea groups is 1. The molecule has 4 amide bonds. The molecule has 132 valence electrons. The van der Waals surface area contributed by atoms with E-state index in [0.29, 0.717) is 0 Å². The Bertz CT molecular complexity index is 988. The van der Waals surface area contributed by atoms with Crippen molar-refractivity contribution < 1.29 is 19.5 Å². The van der Waals surface area contributed by atoms with E-state index < -0.39 is 23.4 Å². The molecule has 3 rings (SSSR count). The molecule has 2 aromatic rings. The molecule has 0 unspecified atom stereocenters. The van der Waals surface area contributed by atoms with Gasteiger partial charge in [-0.25, -0.2) is 9.69 Å². The van der Waals surface area contributed by atoms with Crippen LogP contribution in [0.3, 0.4) is 0 Å². The third-order valence-corrected chi connectivity index (χ3v) is 4.38. The second kappa shape index (κ2) is 6.99. The van der Waals surface area contributed by atoms with Gasteiger partial charge in [0.25, 0.3) is 11.8 Å². The topological polar surface area (TPSA) is 86.7 Å². The van der Waals surface area contributed by atoms with Gasteiger partial charge in [-0.15, -0.1) is 0 Å². The zero-order valence-electron chi connectivity index (χ0n) is 12.8. The number of imide groups is 2. The Kier molecular flexibility index (Phi) is 4.91. The first-order valence-electron chi connectivity index (χ1n) is 7.13. The fraction of sp³-hybridized carbons (Fsp3) is 0. The highest BCUT2D eigenvalue weighted by Gasteiger charge is 2.37. The molecule has 2 N–H and O–H groups in total. The quantitative estimate of drug-likeness (QED) is 0.577. The van der Waals surface area contributed by atoms with Crippen molar-refractivity contribution >= 4 is 64.4 Å². The molecule has 9 heteroatoms. The molecule has 1 fully saturated rings. The third kappa shape index (κ3) is 3.26. The van der Waals surface area contributed by atoms with Gasteiger partial charge in [0, 0.05) is 10.6 Å². The Morgan fingerprint density at radius 3 is 2.38 bits per heavy atom. The van der Waals surface area contributed by atoms with E-state index in [-0.39, 0.29) is 32.1 Å². The molecule has 0 radical (unpaired) electrons. The van der Waals surface area contributed by atoms with E-state index in [4.69, 9.17) is 34.8 Å². The van der Waals surface area contributed by atoms with Gasteiger partial charge in [0.1, 0.15) is 11.3 Å². The molecule has 1 saturated heterocycles. The van der Waals surface area contributed by atoms with Crippen molar-refractivity contribution in [1.82, 2.24) is 5.32 Å². The van der Waals surface area contributed by atoms with Crippen molar-refractivity contribution in [3.8, 4) is 5.75 Å². The zero-order valence-corrected chi connectivity index (χ0v) is 15.1. The van der Waals surface area contributed by atoms with Gasteiger partial charge in [-0.2, -0.15) is 0 Å². The first-order valence-corrected chi connectivity index (χ1v) is 8.27. The van der Waals surface area contributed by atoms with E-state index in [9.17, 15) is 19.5 Å². The predicted molar refractivity (Wildman–Crippen MR) is 98.6 cm³/mol. The standard InChI is InChI=1S/C17H9Cl3N2O4/c18-9-5-8(14(23)12(20)7-9)6-10-15(24)21-17(26)22(16(10)25)13-4-2-1-3-11(13)19/h1-7,23H,(H,21,24,26)/b10-6+. The van der Waals surface area contributed by atoms with Crippen molar-refractivity contribution in [2.75, 3.05) is 4.90 Å². The van der Waals surface area contributed by atoms with Crippen LogP contribution in [0, 0.1) is 0 Å². The highest BCUT2D eigenvalue weighted by atomic mass is 35.5. The molecule has 1 heterocycles. The van der Waals surface area contributed by atoms with Crippen LogP contribution < -0.4 is 10.2 Å². The SMILES string of the molecule is O=C1NC(=O)N(c2ccccc2Cl)C(=O)/C1=C/c1cc(Cl)cc(Cl)c1O. The number of benzene rings is 2. The maximum absolute atomic E-state index is 12.8. The van der Waals surface area contributed by atoms with Gasteiger partial charge in [-0.1, -0.05) is 46.9 Å². The fourth-order valence-corrected chi connectivity index (χ4v) is 3.09. The second-order valence-corrected chi connectivity index (χ2v) is 6.49. The molecule has 1 aliphatic rings. The number of aromatic hydroxyl groups is 1. The van der Waals surface area contributed by atoms with Gasteiger partial charge in [0.2, 0.25) is 0 Å². The minimum Gasteiger partial charge on any atom is -0.506 e. The maximum Gasteiger partial charge on any atom is 0.335 e. The molecule has 0 saturated carbocycles. The van der Waals surface area contributed by atoms with Crippen molar-refractivity contribution in [2.45, 2.75) is 0 Å².